The van der Waals surface area contributed by atoms with E-state index < -0.39 is 6.10 Å². The second-order valence-corrected chi connectivity index (χ2v) is 6.41. The van der Waals surface area contributed by atoms with Gasteiger partial charge < -0.3 is 19.9 Å². The lowest BCUT2D eigenvalue weighted by molar-refractivity contribution is -0.703. The number of hydrogen-bond acceptors (Lipinski definition) is 3. The van der Waals surface area contributed by atoms with Gasteiger partial charge in [-0.25, -0.2) is 0 Å². The van der Waals surface area contributed by atoms with E-state index in [1.807, 2.05) is 24.3 Å². The van der Waals surface area contributed by atoms with Crippen LogP contribution in [0, 0.1) is 5.92 Å². The standard InChI is InChI=1S/C18H29NO3/c1-14-5-3-4-6-18(14)19-11-16(20)13-22-12-15-7-9-17(21-2)10-8-15/h7-10,14,16,18-20H,3-6,11-13H2,1-2H3/p+1/t14-,16-,18-/m0/s1. The lowest BCUT2D eigenvalue weighted by Crippen LogP contribution is -2.93. The molecule has 0 unspecified atom stereocenters. The molecule has 0 radical (unpaired) electrons. The van der Waals surface area contributed by atoms with Crippen LogP contribution in [-0.4, -0.2) is 37.5 Å². The van der Waals surface area contributed by atoms with Crippen molar-refractivity contribution in [3.63, 3.8) is 0 Å². The van der Waals surface area contributed by atoms with Gasteiger partial charge in [0.25, 0.3) is 0 Å². The molecule has 1 aromatic carbocycles. The van der Waals surface area contributed by atoms with Crippen molar-refractivity contribution in [1.82, 2.24) is 0 Å². The molecule has 0 bridgehead atoms. The van der Waals surface area contributed by atoms with Crippen LogP contribution in [0.3, 0.4) is 0 Å². The lowest BCUT2D eigenvalue weighted by atomic mass is 9.86. The molecule has 0 heterocycles. The Kier molecular flexibility index (Phi) is 7.16. The minimum absolute atomic E-state index is 0.392. The molecular formula is C18H30NO3+. The van der Waals surface area contributed by atoms with E-state index in [0.29, 0.717) is 19.3 Å². The summed E-state index contributed by atoms with van der Waals surface area (Å²) in [5, 5.41) is 12.4. The average molecular weight is 308 g/mol. The first kappa shape index (κ1) is 17.3. The number of methoxy groups -OCH3 is 1. The third-order valence-corrected chi connectivity index (χ3v) is 4.63. The molecule has 3 atom stereocenters. The summed E-state index contributed by atoms with van der Waals surface area (Å²) >= 11 is 0. The fourth-order valence-electron chi connectivity index (χ4n) is 3.13. The summed E-state index contributed by atoms with van der Waals surface area (Å²) in [6.07, 6.45) is 4.90. The second-order valence-electron chi connectivity index (χ2n) is 6.41. The highest BCUT2D eigenvalue weighted by Crippen LogP contribution is 2.21. The molecule has 0 saturated heterocycles. The van der Waals surface area contributed by atoms with Crippen LogP contribution in [0.25, 0.3) is 0 Å². The van der Waals surface area contributed by atoms with Crippen LogP contribution in [0.1, 0.15) is 38.2 Å². The fourth-order valence-corrected chi connectivity index (χ4v) is 3.13. The van der Waals surface area contributed by atoms with Gasteiger partial charge in [0, 0.05) is 5.92 Å². The second kappa shape index (κ2) is 9.13. The van der Waals surface area contributed by atoms with Gasteiger partial charge in [0.1, 0.15) is 18.4 Å². The molecule has 0 spiro atoms. The van der Waals surface area contributed by atoms with Gasteiger partial charge in [0.15, 0.2) is 0 Å². The molecular weight excluding hydrogens is 278 g/mol. The fraction of sp³-hybridized carbons (Fsp3) is 0.667. The first-order chi connectivity index (χ1) is 10.7. The molecule has 2 rings (SSSR count). The predicted molar refractivity (Wildman–Crippen MR) is 86.9 cm³/mol. The normalized spacial score (nSPS) is 23.2. The lowest BCUT2D eigenvalue weighted by Gasteiger charge is -2.27. The first-order valence-electron chi connectivity index (χ1n) is 8.41. The summed E-state index contributed by atoms with van der Waals surface area (Å²) in [7, 11) is 1.66. The summed E-state index contributed by atoms with van der Waals surface area (Å²) < 4.78 is 10.7. The maximum absolute atomic E-state index is 10.1. The minimum Gasteiger partial charge on any atom is -0.497 e. The number of ether oxygens (including phenoxy) is 2. The SMILES string of the molecule is COc1ccc(COC[C@@H](O)C[NH2+][C@H]2CCCC[C@@H]2C)cc1. The van der Waals surface area contributed by atoms with Gasteiger partial charge in [-0.1, -0.05) is 25.5 Å². The molecule has 0 amide bonds. The van der Waals surface area contributed by atoms with Crippen molar-refractivity contribution in [2.45, 2.75) is 51.4 Å². The van der Waals surface area contributed by atoms with E-state index in [1.54, 1.807) is 7.11 Å². The zero-order chi connectivity index (χ0) is 15.8. The summed E-state index contributed by atoms with van der Waals surface area (Å²) in [4.78, 5) is 0. The predicted octanol–water partition coefficient (Wildman–Crippen LogP) is 1.71. The Morgan fingerprint density at radius 3 is 2.64 bits per heavy atom. The van der Waals surface area contributed by atoms with Crippen molar-refractivity contribution < 1.29 is 19.9 Å². The quantitative estimate of drug-likeness (QED) is 0.769. The van der Waals surface area contributed by atoms with Crippen LogP contribution in [0.2, 0.25) is 0 Å². The molecule has 0 aromatic heterocycles. The largest absolute Gasteiger partial charge is 0.497 e. The van der Waals surface area contributed by atoms with Crippen molar-refractivity contribution in [3.05, 3.63) is 29.8 Å². The Balaban J connectivity index is 1.61. The van der Waals surface area contributed by atoms with Gasteiger partial charge >= 0.3 is 0 Å². The molecule has 4 heteroatoms. The average Bonchev–Trinajstić information content (AvgIpc) is 2.55. The van der Waals surface area contributed by atoms with Crippen LogP contribution < -0.4 is 10.1 Å². The van der Waals surface area contributed by atoms with Crippen LogP contribution in [0.4, 0.5) is 0 Å². The van der Waals surface area contributed by atoms with Gasteiger partial charge in [-0.15, -0.1) is 0 Å². The zero-order valence-electron chi connectivity index (χ0n) is 13.8. The summed E-state index contributed by atoms with van der Waals surface area (Å²) in [6, 6.07) is 8.49. The van der Waals surface area contributed by atoms with Crippen molar-refractivity contribution in [2.75, 3.05) is 20.3 Å². The highest BCUT2D eigenvalue weighted by atomic mass is 16.5. The molecule has 3 N–H and O–H groups in total. The van der Waals surface area contributed by atoms with E-state index >= 15 is 0 Å². The van der Waals surface area contributed by atoms with Crippen LogP contribution in [0.15, 0.2) is 24.3 Å². The molecule has 1 aliphatic rings. The Bertz CT molecular complexity index is 421. The molecule has 1 saturated carbocycles. The summed E-state index contributed by atoms with van der Waals surface area (Å²) in [6.45, 7) is 3.98. The number of rotatable bonds is 8. The van der Waals surface area contributed by atoms with E-state index in [4.69, 9.17) is 9.47 Å². The van der Waals surface area contributed by atoms with Gasteiger partial charge in [0.05, 0.1) is 26.4 Å². The van der Waals surface area contributed by atoms with E-state index in [9.17, 15) is 5.11 Å². The summed E-state index contributed by atoms with van der Waals surface area (Å²) in [5.74, 6) is 1.61. The highest BCUT2D eigenvalue weighted by molar-refractivity contribution is 5.26. The summed E-state index contributed by atoms with van der Waals surface area (Å²) in [5.41, 5.74) is 1.10. The van der Waals surface area contributed by atoms with E-state index in [2.05, 4.69) is 12.2 Å². The number of aliphatic hydroxyl groups excluding tert-OH is 1. The van der Waals surface area contributed by atoms with Crippen LogP contribution in [-0.2, 0) is 11.3 Å². The Morgan fingerprint density at radius 2 is 1.95 bits per heavy atom. The Morgan fingerprint density at radius 1 is 1.23 bits per heavy atom. The van der Waals surface area contributed by atoms with Gasteiger partial charge in [0.2, 0.25) is 0 Å². The Labute approximate surface area is 133 Å². The van der Waals surface area contributed by atoms with Gasteiger partial charge in [-0.2, -0.15) is 0 Å². The smallest absolute Gasteiger partial charge is 0.126 e. The molecule has 1 aliphatic carbocycles. The van der Waals surface area contributed by atoms with Crippen LogP contribution in [0.5, 0.6) is 5.75 Å². The van der Waals surface area contributed by atoms with Gasteiger partial charge in [-0.05, 0) is 37.0 Å². The van der Waals surface area contributed by atoms with E-state index in [1.165, 1.54) is 25.7 Å². The molecule has 1 aromatic rings. The van der Waals surface area contributed by atoms with E-state index in [-0.39, 0.29) is 0 Å². The first-order valence-corrected chi connectivity index (χ1v) is 8.41. The van der Waals surface area contributed by atoms with Crippen molar-refractivity contribution in [1.29, 1.82) is 0 Å². The van der Waals surface area contributed by atoms with Crippen molar-refractivity contribution in [3.8, 4) is 5.75 Å². The number of hydrogen-bond donors (Lipinski definition) is 2. The topological polar surface area (TPSA) is 55.3 Å². The van der Waals surface area contributed by atoms with Gasteiger partial charge in [-0.3, -0.25) is 0 Å². The van der Waals surface area contributed by atoms with Crippen molar-refractivity contribution in [2.24, 2.45) is 5.92 Å². The Hall–Kier alpha value is -1.10. The molecule has 4 nitrogen and oxygen atoms in total. The highest BCUT2D eigenvalue weighted by Gasteiger charge is 2.24. The monoisotopic (exact) mass is 308 g/mol. The molecule has 124 valence electrons. The molecule has 22 heavy (non-hydrogen) atoms. The maximum Gasteiger partial charge on any atom is 0.126 e. The van der Waals surface area contributed by atoms with Crippen molar-refractivity contribution >= 4 is 0 Å². The minimum atomic E-state index is -0.396. The number of benzene rings is 1. The third-order valence-electron chi connectivity index (χ3n) is 4.63. The third kappa shape index (κ3) is 5.59. The number of nitrogens with two attached hydrogens (primary N) is 1. The van der Waals surface area contributed by atoms with E-state index in [0.717, 1.165) is 23.8 Å². The van der Waals surface area contributed by atoms with Crippen LogP contribution >= 0.6 is 0 Å². The zero-order valence-corrected chi connectivity index (χ0v) is 13.8. The molecule has 1 fully saturated rings. The molecule has 0 aliphatic heterocycles. The maximum atomic E-state index is 10.1. The number of aliphatic hydroxyl groups is 1. The number of quaternary nitrogens is 1.